The second-order valence-electron chi connectivity index (χ2n) is 5.67. The molecule has 2 atom stereocenters. The molecule has 1 saturated heterocycles. The fraction of sp³-hybridized carbons (Fsp3) is 0.294. The first-order chi connectivity index (χ1) is 11.6. The number of carbonyl (C=O) groups is 1. The molecule has 0 radical (unpaired) electrons. The number of hydrogen-bond donors (Lipinski definition) is 3. The lowest BCUT2D eigenvalue weighted by Gasteiger charge is -2.24. The molecule has 2 heterocycles. The minimum atomic E-state index is -0.617. The fourth-order valence-corrected chi connectivity index (χ4v) is 3.29. The van der Waals surface area contributed by atoms with Gasteiger partial charge in [0.25, 0.3) is 0 Å². The van der Waals surface area contributed by atoms with E-state index in [-0.39, 0.29) is 22.7 Å². The molecule has 1 fully saturated rings. The second-order valence-corrected chi connectivity index (χ2v) is 6.45. The summed E-state index contributed by atoms with van der Waals surface area (Å²) in [7, 11) is 0. The number of nitrogens with zero attached hydrogens (tertiary/aromatic N) is 1. The molecule has 0 bridgehead atoms. The van der Waals surface area contributed by atoms with E-state index in [9.17, 15) is 9.90 Å². The van der Waals surface area contributed by atoms with E-state index in [0.717, 1.165) is 24.9 Å². The van der Waals surface area contributed by atoms with Gasteiger partial charge in [-0.05, 0) is 49.2 Å². The molecule has 0 aliphatic carbocycles. The molecule has 2 unspecified atom stereocenters. The van der Waals surface area contributed by atoms with Crippen molar-refractivity contribution in [3.05, 3.63) is 57.8 Å². The number of rotatable bonds is 4. The molecule has 5 nitrogen and oxygen atoms in total. The molecule has 1 aromatic carbocycles. The first kappa shape index (κ1) is 17.0. The Morgan fingerprint density at radius 2 is 2.04 bits per heavy atom. The lowest BCUT2D eigenvalue weighted by molar-refractivity contribution is -0.123. The van der Waals surface area contributed by atoms with E-state index >= 15 is 0 Å². The molecule has 3 rings (SSSR count). The number of halogens is 2. The Balaban J connectivity index is 2.00. The Morgan fingerprint density at radius 3 is 2.71 bits per heavy atom. The summed E-state index contributed by atoms with van der Waals surface area (Å²) in [6, 6.07) is 5.67. The number of hydrogen-bond acceptors (Lipinski definition) is 4. The molecule has 1 aromatic heterocycles. The summed E-state index contributed by atoms with van der Waals surface area (Å²) in [4.78, 5) is 16.6. The van der Waals surface area contributed by atoms with Gasteiger partial charge in [-0.25, -0.2) is 0 Å². The average molecular weight is 366 g/mol. The van der Waals surface area contributed by atoms with E-state index in [0.29, 0.717) is 10.6 Å². The molecule has 1 aliphatic rings. The molecule has 7 heteroatoms. The lowest BCUT2D eigenvalue weighted by atomic mass is 9.98. The predicted octanol–water partition coefficient (Wildman–Crippen LogP) is 3.05. The number of carbonyl (C=O) groups excluding carboxylic acids is 1. The van der Waals surface area contributed by atoms with Gasteiger partial charge in [0.15, 0.2) is 0 Å². The van der Waals surface area contributed by atoms with Crippen LogP contribution in [-0.2, 0) is 4.79 Å². The third-order valence-corrected chi connectivity index (χ3v) is 4.92. The highest BCUT2D eigenvalue weighted by molar-refractivity contribution is 6.42. The van der Waals surface area contributed by atoms with Crippen LogP contribution in [0.2, 0.25) is 10.0 Å². The van der Waals surface area contributed by atoms with Crippen molar-refractivity contribution in [1.29, 1.82) is 0 Å². The topological polar surface area (TPSA) is 74.2 Å². The number of phenolic OH excluding ortho intramolecular Hbond substituents is 1. The van der Waals surface area contributed by atoms with Gasteiger partial charge in [-0.3, -0.25) is 9.78 Å². The number of amides is 1. The van der Waals surface area contributed by atoms with Gasteiger partial charge in [-0.15, -0.1) is 0 Å². The molecule has 2 aromatic rings. The highest BCUT2D eigenvalue weighted by Crippen LogP contribution is 2.39. The highest BCUT2D eigenvalue weighted by atomic mass is 35.5. The molecular weight excluding hydrogens is 349 g/mol. The summed E-state index contributed by atoms with van der Waals surface area (Å²) in [6.07, 6.45) is 4.99. The Kier molecular flexibility index (Phi) is 5.23. The van der Waals surface area contributed by atoms with E-state index in [1.807, 2.05) is 0 Å². The second kappa shape index (κ2) is 7.38. The van der Waals surface area contributed by atoms with E-state index in [1.165, 1.54) is 12.1 Å². The Morgan fingerprint density at radius 1 is 1.29 bits per heavy atom. The zero-order chi connectivity index (χ0) is 17.1. The van der Waals surface area contributed by atoms with Crippen molar-refractivity contribution in [2.45, 2.75) is 24.9 Å². The van der Waals surface area contributed by atoms with Gasteiger partial charge < -0.3 is 15.7 Å². The zero-order valence-corrected chi connectivity index (χ0v) is 14.3. The first-order valence-electron chi connectivity index (χ1n) is 7.68. The summed E-state index contributed by atoms with van der Waals surface area (Å²) < 4.78 is 0. The van der Waals surface area contributed by atoms with E-state index in [2.05, 4.69) is 15.6 Å². The Labute approximate surface area is 150 Å². The quantitative estimate of drug-likeness (QED) is 0.778. The normalized spacial score (nSPS) is 18.3. The minimum absolute atomic E-state index is 0.0223. The number of aromatic hydroxyl groups is 1. The molecule has 126 valence electrons. The summed E-state index contributed by atoms with van der Waals surface area (Å²) in [5.41, 5.74) is 1.14. The minimum Gasteiger partial charge on any atom is -0.508 e. The molecular formula is C17H17Cl2N3O2. The van der Waals surface area contributed by atoms with Gasteiger partial charge in [-0.1, -0.05) is 23.2 Å². The highest BCUT2D eigenvalue weighted by Gasteiger charge is 2.28. The van der Waals surface area contributed by atoms with E-state index < -0.39 is 6.04 Å². The fourth-order valence-electron chi connectivity index (χ4n) is 2.86. The first-order valence-corrected chi connectivity index (χ1v) is 8.44. The molecule has 24 heavy (non-hydrogen) atoms. The number of benzene rings is 1. The van der Waals surface area contributed by atoms with Crippen molar-refractivity contribution in [3.63, 3.8) is 0 Å². The summed E-state index contributed by atoms with van der Waals surface area (Å²) in [6.45, 7) is 0.821. The maximum Gasteiger partial charge on any atom is 0.237 e. The zero-order valence-electron chi connectivity index (χ0n) is 12.8. The van der Waals surface area contributed by atoms with Crippen molar-refractivity contribution >= 4 is 29.1 Å². The molecule has 1 amide bonds. The van der Waals surface area contributed by atoms with Crippen molar-refractivity contribution in [2.75, 3.05) is 6.54 Å². The van der Waals surface area contributed by atoms with Crippen LogP contribution in [0.15, 0.2) is 36.7 Å². The van der Waals surface area contributed by atoms with Crippen LogP contribution in [0.4, 0.5) is 0 Å². The SMILES string of the molecule is O=C(NC(c1ccncc1)c1c(O)ccc(Cl)c1Cl)C1CCCN1. The van der Waals surface area contributed by atoms with E-state index in [4.69, 9.17) is 23.2 Å². The summed E-state index contributed by atoms with van der Waals surface area (Å²) in [5.74, 6) is -0.157. The largest absolute Gasteiger partial charge is 0.508 e. The number of aromatic nitrogens is 1. The third kappa shape index (κ3) is 3.48. The van der Waals surface area contributed by atoms with Crippen molar-refractivity contribution < 1.29 is 9.90 Å². The molecule has 0 spiro atoms. The van der Waals surface area contributed by atoms with Crippen LogP contribution in [0.25, 0.3) is 0 Å². The summed E-state index contributed by atoms with van der Waals surface area (Å²) in [5, 5.41) is 17.0. The smallest absolute Gasteiger partial charge is 0.237 e. The number of phenols is 1. The standard InChI is InChI=1S/C17H17Cl2N3O2/c18-11-3-4-13(23)14(15(11)19)16(10-5-8-20-9-6-10)22-17(24)12-2-1-7-21-12/h3-6,8-9,12,16,21,23H,1-2,7H2,(H,22,24). The van der Waals surface area contributed by atoms with Gasteiger partial charge in [0.05, 0.1) is 22.1 Å². The Bertz CT molecular complexity index is 734. The van der Waals surface area contributed by atoms with Crippen LogP contribution in [-0.4, -0.2) is 28.6 Å². The van der Waals surface area contributed by atoms with Crippen LogP contribution < -0.4 is 10.6 Å². The van der Waals surface area contributed by atoms with Gasteiger partial charge in [-0.2, -0.15) is 0 Å². The van der Waals surface area contributed by atoms with Crippen LogP contribution in [0.5, 0.6) is 5.75 Å². The number of nitrogens with one attached hydrogen (secondary N) is 2. The van der Waals surface area contributed by atoms with Crippen LogP contribution in [0, 0.1) is 0 Å². The monoisotopic (exact) mass is 365 g/mol. The van der Waals surface area contributed by atoms with Gasteiger partial charge in [0.1, 0.15) is 5.75 Å². The van der Waals surface area contributed by atoms with Crippen molar-refractivity contribution in [3.8, 4) is 5.75 Å². The van der Waals surface area contributed by atoms with Crippen molar-refractivity contribution in [2.24, 2.45) is 0 Å². The van der Waals surface area contributed by atoms with Crippen LogP contribution >= 0.6 is 23.2 Å². The molecule has 0 saturated carbocycles. The number of pyridine rings is 1. The molecule has 3 N–H and O–H groups in total. The van der Waals surface area contributed by atoms with Gasteiger partial charge >= 0.3 is 0 Å². The van der Waals surface area contributed by atoms with Crippen LogP contribution in [0.3, 0.4) is 0 Å². The summed E-state index contributed by atoms with van der Waals surface area (Å²) >= 11 is 12.4. The Hall–Kier alpha value is -1.82. The average Bonchev–Trinajstić information content (AvgIpc) is 3.13. The predicted molar refractivity (Wildman–Crippen MR) is 93.4 cm³/mol. The van der Waals surface area contributed by atoms with Crippen molar-refractivity contribution in [1.82, 2.24) is 15.6 Å². The molecule has 1 aliphatic heterocycles. The van der Waals surface area contributed by atoms with Crippen LogP contribution in [0.1, 0.15) is 30.0 Å². The van der Waals surface area contributed by atoms with Gasteiger partial charge in [0, 0.05) is 18.0 Å². The third-order valence-electron chi connectivity index (χ3n) is 4.10. The lowest BCUT2D eigenvalue weighted by Crippen LogP contribution is -2.42. The van der Waals surface area contributed by atoms with E-state index in [1.54, 1.807) is 24.5 Å². The maximum atomic E-state index is 12.6. The van der Waals surface area contributed by atoms with Gasteiger partial charge in [0.2, 0.25) is 5.91 Å². The maximum absolute atomic E-state index is 12.6.